The highest BCUT2D eigenvalue weighted by Gasteiger charge is 2.20. The van der Waals surface area contributed by atoms with E-state index in [0.717, 1.165) is 57.1 Å². The molecule has 132 valence electrons. The Morgan fingerprint density at radius 2 is 2.12 bits per heavy atom. The van der Waals surface area contributed by atoms with E-state index < -0.39 is 5.97 Å². The number of hydrogen-bond donors (Lipinski definition) is 2. The molecular weight excluding hydrogens is 302 g/mol. The summed E-state index contributed by atoms with van der Waals surface area (Å²) in [6, 6.07) is 4.43. The lowest BCUT2D eigenvalue weighted by Gasteiger charge is -2.30. The third-order valence-electron chi connectivity index (χ3n) is 5.31. The van der Waals surface area contributed by atoms with Crippen LogP contribution < -0.4 is 5.32 Å². The predicted octanol–water partition coefficient (Wildman–Crippen LogP) is 2.95. The number of carboxylic acids is 1. The molecule has 0 bridgehead atoms. The van der Waals surface area contributed by atoms with Crippen LogP contribution in [0.3, 0.4) is 0 Å². The molecule has 2 aliphatic rings. The number of anilines is 1. The molecule has 0 radical (unpaired) electrons. The Bertz CT molecular complexity index is 554. The summed E-state index contributed by atoms with van der Waals surface area (Å²) in [6.07, 6.45) is 9.42. The van der Waals surface area contributed by atoms with Crippen LogP contribution in [-0.4, -0.2) is 47.1 Å². The van der Waals surface area contributed by atoms with Crippen molar-refractivity contribution in [2.45, 2.75) is 51.4 Å². The van der Waals surface area contributed by atoms with E-state index in [0.29, 0.717) is 0 Å². The molecule has 2 N–H and O–H groups in total. The fraction of sp³-hybridized carbons (Fsp3) is 0.684. The topological polar surface area (TPSA) is 65.5 Å². The van der Waals surface area contributed by atoms with Crippen molar-refractivity contribution in [3.63, 3.8) is 0 Å². The molecule has 0 amide bonds. The van der Waals surface area contributed by atoms with Crippen LogP contribution in [0.1, 0.15) is 49.8 Å². The highest BCUT2D eigenvalue weighted by atomic mass is 16.4. The standard InChI is InChI=1S/C19H29N3O2/c23-18(24)14-22-12-9-15(10-13-22)4-1-2-6-17-8-7-16-5-3-11-20-19(16)21-17/h7-8,15H,1-6,9-14H2,(H,20,21)(H,23,24). The summed E-state index contributed by atoms with van der Waals surface area (Å²) in [7, 11) is 0. The van der Waals surface area contributed by atoms with E-state index in [-0.39, 0.29) is 6.54 Å². The predicted molar refractivity (Wildman–Crippen MR) is 95.4 cm³/mol. The summed E-state index contributed by atoms with van der Waals surface area (Å²) in [5.74, 6) is 1.17. The van der Waals surface area contributed by atoms with Crippen LogP contribution in [-0.2, 0) is 17.6 Å². The van der Waals surface area contributed by atoms with E-state index in [1.165, 1.54) is 36.9 Å². The highest BCUT2D eigenvalue weighted by molar-refractivity contribution is 5.69. The molecule has 0 atom stereocenters. The van der Waals surface area contributed by atoms with Crippen molar-refractivity contribution in [1.29, 1.82) is 0 Å². The third-order valence-corrected chi connectivity index (χ3v) is 5.31. The summed E-state index contributed by atoms with van der Waals surface area (Å²) >= 11 is 0. The number of aliphatic carboxylic acids is 1. The molecule has 3 heterocycles. The number of aromatic nitrogens is 1. The molecule has 0 unspecified atom stereocenters. The zero-order valence-electron chi connectivity index (χ0n) is 14.5. The van der Waals surface area contributed by atoms with Crippen LogP contribution in [0.2, 0.25) is 0 Å². The summed E-state index contributed by atoms with van der Waals surface area (Å²) < 4.78 is 0. The number of aryl methyl sites for hydroxylation is 2. The molecule has 0 spiro atoms. The summed E-state index contributed by atoms with van der Waals surface area (Å²) in [5, 5.41) is 12.2. The van der Waals surface area contributed by atoms with Gasteiger partial charge in [0.2, 0.25) is 0 Å². The van der Waals surface area contributed by atoms with Crippen molar-refractivity contribution in [1.82, 2.24) is 9.88 Å². The molecule has 1 aromatic heterocycles. The number of nitrogens with zero attached hydrogens (tertiary/aromatic N) is 2. The molecule has 0 saturated carbocycles. The SMILES string of the molecule is O=C(O)CN1CCC(CCCCc2ccc3c(n2)NCCC3)CC1. The molecule has 0 aliphatic carbocycles. The zero-order chi connectivity index (χ0) is 16.8. The van der Waals surface area contributed by atoms with Crippen LogP contribution in [0.25, 0.3) is 0 Å². The number of unbranched alkanes of at least 4 members (excludes halogenated alkanes) is 1. The minimum atomic E-state index is -0.708. The number of rotatable bonds is 7. The van der Waals surface area contributed by atoms with E-state index in [9.17, 15) is 4.79 Å². The number of piperidine rings is 1. The van der Waals surface area contributed by atoms with Crippen molar-refractivity contribution >= 4 is 11.8 Å². The molecule has 5 nitrogen and oxygen atoms in total. The van der Waals surface area contributed by atoms with E-state index in [1.54, 1.807) is 0 Å². The van der Waals surface area contributed by atoms with Gasteiger partial charge in [0.05, 0.1) is 6.54 Å². The first-order valence-corrected chi connectivity index (χ1v) is 9.37. The van der Waals surface area contributed by atoms with Crippen LogP contribution in [0, 0.1) is 5.92 Å². The highest BCUT2D eigenvalue weighted by Crippen LogP contribution is 2.24. The van der Waals surface area contributed by atoms with Gasteiger partial charge in [-0.05, 0) is 69.2 Å². The van der Waals surface area contributed by atoms with Crippen molar-refractivity contribution < 1.29 is 9.90 Å². The minimum absolute atomic E-state index is 0.199. The summed E-state index contributed by atoms with van der Waals surface area (Å²) in [4.78, 5) is 17.6. The van der Waals surface area contributed by atoms with Gasteiger partial charge in [-0.25, -0.2) is 4.98 Å². The zero-order valence-corrected chi connectivity index (χ0v) is 14.5. The number of carbonyl (C=O) groups is 1. The van der Waals surface area contributed by atoms with Gasteiger partial charge >= 0.3 is 5.97 Å². The van der Waals surface area contributed by atoms with Gasteiger partial charge in [-0.2, -0.15) is 0 Å². The maximum Gasteiger partial charge on any atom is 0.317 e. The lowest BCUT2D eigenvalue weighted by molar-refractivity contribution is -0.138. The average molecular weight is 331 g/mol. The second-order valence-corrected chi connectivity index (χ2v) is 7.20. The van der Waals surface area contributed by atoms with Gasteiger partial charge in [-0.15, -0.1) is 0 Å². The molecule has 5 heteroatoms. The molecule has 1 fully saturated rings. The Hall–Kier alpha value is -1.62. The first kappa shape index (κ1) is 17.2. The quantitative estimate of drug-likeness (QED) is 0.752. The van der Waals surface area contributed by atoms with Crippen molar-refractivity contribution in [2.24, 2.45) is 5.92 Å². The minimum Gasteiger partial charge on any atom is -0.480 e. The summed E-state index contributed by atoms with van der Waals surface area (Å²) in [5.41, 5.74) is 2.57. The van der Waals surface area contributed by atoms with Crippen LogP contribution in [0.5, 0.6) is 0 Å². The number of pyridine rings is 1. The molecule has 2 aliphatic heterocycles. The lowest BCUT2D eigenvalue weighted by Crippen LogP contribution is -2.37. The molecule has 1 aromatic rings. The Balaban J connectivity index is 1.34. The fourth-order valence-corrected chi connectivity index (χ4v) is 3.87. The second kappa shape index (κ2) is 8.47. The van der Waals surface area contributed by atoms with Crippen molar-refractivity contribution in [3.8, 4) is 0 Å². The molecular formula is C19H29N3O2. The average Bonchev–Trinajstić information content (AvgIpc) is 2.59. The number of nitrogens with one attached hydrogen (secondary N) is 1. The van der Waals surface area contributed by atoms with E-state index >= 15 is 0 Å². The third kappa shape index (κ3) is 4.94. The van der Waals surface area contributed by atoms with E-state index in [4.69, 9.17) is 10.1 Å². The van der Waals surface area contributed by atoms with Crippen LogP contribution in [0.15, 0.2) is 12.1 Å². The normalized spacial score (nSPS) is 18.8. The van der Waals surface area contributed by atoms with Gasteiger partial charge in [0.1, 0.15) is 5.82 Å². The fourth-order valence-electron chi connectivity index (χ4n) is 3.87. The monoisotopic (exact) mass is 331 g/mol. The number of hydrogen-bond acceptors (Lipinski definition) is 4. The van der Waals surface area contributed by atoms with Crippen LogP contribution >= 0.6 is 0 Å². The van der Waals surface area contributed by atoms with Gasteiger partial charge < -0.3 is 10.4 Å². The Labute approximate surface area is 144 Å². The first-order valence-electron chi connectivity index (χ1n) is 9.37. The Morgan fingerprint density at radius 1 is 1.29 bits per heavy atom. The smallest absolute Gasteiger partial charge is 0.317 e. The van der Waals surface area contributed by atoms with E-state index in [1.807, 2.05) is 0 Å². The van der Waals surface area contributed by atoms with Gasteiger partial charge in [0.25, 0.3) is 0 Å². The van der Waals surface area contributed by atoms with Gasteiger partial charge in [-0.3, -0.25) is 9.69 Å². The van der Waals surface area contributed by atoms with Crippen molar-refractivity contribution in [2.75, 3.05) is 31.5 Å². The van der Waals surface area contributed by atoms with Gasteiger partial charge in [-0.1, -0.05) is 18.9 Å². The summed E-state index contributed by atoms with van der Waals surface area (Å²) in [6.45, 7) is 3.12. The Morgan fingerprint density at radius 3 is 2.92 bits per heavy atom. The lowest BCUT2D eigenvalue weighted by atomic mass is 9.91. The number of fused-ring (bicyclic) bond motifs is 1. The molecule has 24 heavy (non-hydrogen) atoms. The number of carboxylic acid groups (broad SMARTS) is 1. The maximum atomic E-state index is 10.7. The van der Waals surface area contributed by atoms with Crippen LogP contribution in [0.4, 0.5) is 5.82 Å². The Kier molecular flexibility index (Phi) is 6.07. The van der Waals surface area contributed by atoms with Gasteiger partial charge in [0, 0.05) is 12.2 Å². The molecule has 1 saturated heterocycles. The second-order valence-electron chi connectivity index (χ2n) is 7.20. The molecule has 0 aromatic carbocycles. The first-order chi connectivity index (χ1) is 11.7. The number of likely N-dealkylation sites (tertiary alicyclic amines) is 1. The molecule has 3 rings (SSSR count). The largest absolute Gasteiger partial charge is 0.480 e. The van der Waals surface area contributed by atoms with E-state index in [2.05, 4.69) is 22.3 Å². The van der Waals surface area contributed by atoms with Crippen molar-refractivity contribution in [3.05, 3.63) is 23.4 Å². The maximum absolute atomic E-state index is 10.7. The van der Waals surface area contributed by atoms with Gasteiger partial charge in [0.15, 0.2) is 0 Å².